The van der Waals surface area contributed by atoms with Crippen LogP contribution in [-0.2, 0) is 22.6 Å². The van der Waals surface area contributed by atoms with E-state index in [0.29, 0.717) is 37.9 Å². The SMILES string of the molecule is O=C(NCCc1ccccc1F)C1(C(=O)NCc2ccncc2)CC1. The molecule has 2 N–H and O–H groups in total. The third kappa shape index (κ3) is 4.02. The van der Waals surface area contributed by atoms with E-state index in [0.717, 1.165) is 5.56 Å². The van der Waals surface area contributed by atoms with Crippen LogP contribution in [0.5, 0.6) is 0 Å². The van der Waals surface area contributed by atoms with Crippen LogP contribution in [0.3, 0.4) is 0 Å². The van der Waals surface area contributed by atoms with Crippen LogP contribution in [0.2, 0.25) is 0 Å². The molecule has 1 aliphatic carbocycles. The van der Waals surface area contributed by atoms with Gasteiger partial charge in [-0.1, -0.05) is 18.2 Å². The fourth-order valence-electron chi connectivity index (χ4n) is 2.72. The molecule has 0 radical (unpaired) electrons. The minimum atomic E-state index is -0.970. The number of hydrogen-bond donors (Lipinski definition) is 2. The molecule has 130 valence electrons. The zero-order valence-electron chi connectivity index (χ0n) is 13.8. The van der Waals surface area contributed by atoms with Crippen LogP contribution in [0, 0.1) is 11.2 Å². The Morgan fingerprint density at radius 1 is 1.04 bits per heavy atom. The largest absolute Gasteiger partial charge is 0.355 e. The van der Waals surface area contributed by atoms with Crippen LogP contribution < -0.4 is 10.6 Å². The number of carbonyl (C=O) groups excluding carboxylic acids is 2. The Labute approximate surface area is 145 Å². The maximum absolute atomic E-state index is 13.6. The predicted octanol–water partition coefficient (Wildman–Crippen LogP) is 1.98. The highest BCUT2D eigenvalue weighted by molar-refractivity contribution is 6.07. The van der Waals surface area contributed by atoms with Crippen molar-refractivity contribution in [3.8, 4) is 0 Å². The molecule has 5 nitrogen and oxygen atoms in total. The lowest BCUT2D eigenvalue weighted by Gasteiger charge is -2.15. The summed E-state index contributed by atoms with van der Waals surface area (Å²) in [5.41, 5.74) is 0.510. The predicted molar refractivity (Wildman–Crippen MR) is 90.9 cm³/mol. The molecule has 1 saturated carbocycles. The first kappa shape index (κ1) is 17.1. The Kier molecular flexibility index (Phi) is 5.07. The maximum atomic E-state index is 13.6. The molecule has 0 spiro atoms. The van der Waals surface area contributed by atoms with Gasteiger partial charge in [-0.2, -0.15) is 0 Å². The van der Waals surface area contributed by atoms with E-state index < -0.39 is 5.41 Å². The smallest absolute Gasteiger partial charge is 0.235 e. The number of hydrogen-bond acceptors (Lipinski definition) is 3. The molecule has 1 aromatic carbocycles. The molecule has 0 atom stereocenters. The van der Waals surface area contributed by atoms with E-state index in [4.69, 9.17) is 0 Å². The first-order chi connectivity index (χ1) is 12.1. The Balaban J connectivity index is 1.49. The third-order valence-corrected chi connectivity index (χ3v) is 4.46. The van der Waals surface area contributed by atoms with Gasteiger partial charge in [-0.05, 0) is 48.6 Å². The number of nitrogens with zero attached hydrogens (tertiary/aromatic N) is 1. The molecule has 1 heterocycles. The number of benzene rings is 1. The van der Waals surface area contributed by atoms with Crippen molar-refractivity contribution in [1.29, 1.82) is 0 Å². The summed E-state index contributed by atoms with van der Waals surface area (Å²) in [5, 5.41) is 5.58. The lowest BCUT2D eigenvalue weighted by atomic mass is 10.0. The second kappa shape index (κ2) is 7.42. The van der Waals surface area contributed by atoms with E-state index in [9.17, 15) is 14.0 Å². The lowest BCUT2D eigenvalue weighted by Crippen LogP contribution is -2.43. The number of nitrogens with one attached hydrogen (secondary N) is 2. The highest BCUT2D eigenvalue weighted by Gasteiger charge is 2.56. The van der Waals surface area contributed by atoms with Gasteiger partial charge in [0, 0.05) is 25.5 Å². The second-order valence-corrected chi connectivity index (χ2v) is 6.22. The molecule has 0 unspecified atom stereocenters. The standard InChI is InChI=1S/C19H20FN3O2/c20-16-4-2-1-3-15(16)7-12-22-17(24)19(8-9-19)18(25)23-13-14-5-10-21-11-6-14/h1-6,10-11H,7-9,12-13H2,(H,22,24)(H,23,25). The fourth-order valence-corrected chi connectivity index (χ4v) is 2.72. The van der Waals surface area contributed by atoms with E-state index in [1.165, 1.54) is 6.07 Å². The molecule has 3 rings (SSSR count). The number of pyridine rings is 1. The first-order valence-corrected chi connectivity index (χ1v) is 8.31. The van der Waals surface area contributed by atoms with Crippen molar-refractivity contribution < 1.29 is 14.0 Å². The van der Waals surface area contributed by atoms with Crippen molar-refractivity contribution in [2.24, 2.45) is 5.41 Å². The molecule has 1 aromatic heterocycles. The quantitative estimate of drug-likeness (QED) is 0.757. The summed E-state index contributed by atoms with van der Waals surface area (Å²) in [6, 6.07) is 10.1. The van der Waals surface area contributed by atoms with Crippen molar-refractivity contribution in [2.45, 2.75) is 25.8 Å². The van der Waals surface area contributed by atoms with Crippen molar-refractivity contribution >= 4 is 11.8 Å². The summed E-state index contributed by atoms with van der Waals surface area (Å²) in [5.74, 6) is -0.822. The molecule has 2 amide bonds. The van der Waals surface area contributed by atoms with Crippen LogP contribution in [-0.4, -0.2) is 23.3 Å². The van der Waals surface area contributed by atoms with Crippen LogP contribution in [0.1, 0.15) is 24.0 Å². The molecule has 0 aliphatic heterocycles. The summed E-state index contributed by atoms with van der Waals surface area (Å²) >= 11 is 0. The zero-order valence-corrected chi connectivity index (χ0v) is 13.8. The summed E-state index contributed by atoms with van der Waals surface area (Å²) in [6.07, 6.45) is 4.79. The molecule has 2 aromatic rings. The number of aromatic nitrogens is 1. The van der Waals surface area contributed by atoms with Gasteiger partial charge in [0.2, 0.25) is 11.8 Å². The zero-order chi connectivity index (χ0) is 17.7. The lowest BCUT2D eigenvalue weighted by molar-refractivity contribution is -0.137. The Bertz CT molecular complexity index is 760. The van der Waals surface area contributed by atoms with Crippen LogP contribution in [0.25, 0.3) is 0 Å². The van der Waals surface area contributed by atoms with Crippen molar-refractivity contribution in [2.75, 3.05) is 6.54 Å². The monoisotopic (exact) mass is 341 g/mol. The number of rotatable bonds is 7. The Morgan fingerprint density at radius 3 is 2.40 bits per heavy atom. The second-order valence-electron chi connectivity index (χ2n) is 6.22. The van der Waals surface area contributed by atoms with E-state index >= 15 is 0 Å². The van der Waals surface area contributed by atoms with E-state index in [1.807, 2.05) is 12.1 Å². The molecule has 0 saturated heterocycles. The van der Waals surface area contributed by atoms with Gasteiger partial charge in [-0.3, -0.25) is 14.6 Å². The topological polar surface area (TPSA) is 71.1 Å². The fraction of sp³-hybridized carbons (Fsp3) is 0.316. The minimum absolute atomic E-state index is 0.257. The van der Waals surface area contributed by atoms with Crippen molar-refractivity contribution in [1.82, 2.24) is 15.6 Å². The third-order valence-electron chi connectivity index (χ3n) is 4.46. The summed E-state index contributed by atoms with van der Waals surface area (Å²) < 4.78 is 13.6. The summed E-state index contributed by atoms with van der Waals surface area (Å²) in [4.78, 5) is 28.7. The van der Waals surface area contributed by atoms with Gasteiger partial charge >= 0.3 is 0 Å². The highest BCUT2D eigenvalue weighted by atomic mass is 19.1. The first-order valence-electron chi connectivity index (χ1n) is 8.31. The molecular weight excluding hydrogens is 321 g/mol. The van der Waals surface area contributed by atoms with E-state index in [1.54, 1.807) is 30.6 Å². The molecule has 25 heavy (non-hydrogen) atoms. The Morgan fingerprint density at radius 2 is 1.72 bits per heavy atom. The van der Waals surface area contributed by atoms with E-state index in [-0.39, 0.29) is 17.6 Å². The van der Waals surface area contributed by atoms with Crippen molar-refractivity contribution in [3.63, 3.8) is 0 Å². The molecule has 0 bridgehead atoms. The molecule has 1 aliphatic rings. The average Bonchev–Trinajstić information content (AvgIpc) is 3.44. The van der Waals surface area contributed by atoms with Gasteiger partial charge in [0.25, 0.3) is 0 Å². The van der Waals surface area contributed by atoms with Crippen molar-refractivity contribution in [3.05, 3.63) is 65.7 Å². The minimum Gasteiger partial charge on any atom is -0.355 e. The number of carbonyl (C=O) groups is 2. The highest BCUT2D eigenvalue weighted by Crippen LogP contribution is 2.46. The molecule has 1 fully saturated rings. The number of amides is 2. The van der Waals surface area contributed by atoms with Crippen LogP contribution in [0.4, 0.5) is 4.39 Å². The molecule has 6 heteroatoms. The maximum Gasteiger partial charge on any atom is 0.235 e. The normalized spacial score (nSPS) is 14.6. The van der Waals surface area contributed by atoms with Gasteiger partial charge in [0.05, 0.1) is 0 Å². The Hall–Kier alpha value is -2.76. The van der Waals surface area contributed by atoms with E-state index in [2.05, 4.69) is 15.6 Å². The van der Waals surface area contributed by atoms with Gasteiger partial charge in [-0.15, -0.1) is 0 Å². The average molecular weight is 341 g/mol. The summed E-state index contributed by atoms with van der Waals surface area (Å²) in [7, 11) is 0. The molecular formula is C19H20FN3O2. The van der Waals surface area contributed by atoms with Crippen LogP contribution >= 0.6 is 0 Å². The van der Waals surface area contributed by atoms with Gasteiger partial charge < -0.3 is 10.6 Å². The van der Waals surface area contributed by atoms with Gasteiger partial charge in [0.15, 0.2) is 0 Å². The summed E-state index contributed by atoms with van der Waals surface area (Å²) in [6.45, 7) is 0.671. The number of halogens is 1. The van der Waals surface area contributed by atoms with Crippen LogP contribution in [0.15, 0.2) is 48.8 Å². The van der Waals surface area contributed by atoms with Gasteiger partial charge in [0.1, 0.15) is 11.2 Å². The van der Waals surface area contributed by atoms with Gasteiger partial charge in [-0.25, -0.2) is 4.39 Å².